The van der Waals surface area contributed by atoms with E-state index in [1.54, 1.807) is 6.20 Å². The number of ketones is 1. The first kappa shape index (κ1) is 26.1. The molecule has 0 spiro atoms. The third-order valence-corrected chi connectivity index (χ3v) is 7.46. The molecule has 2 aliphatic heterocycles. The first-order valence-electron chi connectivity index (χ1n) is 13.6. The Morgan fingerprint density at radius 2 is 1.77 bits per heavy atom. The molecule has 1 saturated heterocycles. The largest absolute Gasteiger partial charge is 0.378 e. The van der Waals surface area contributed by atoms with Crippen molar-refractivity contribution >= 4 is 40.6 Å². The molecule has 206 valence electrons. The van der Waals surface area contributed by atoms with E-state index in [2.05, 4.69) is 21.1 Å². The summed E-state index contributed by atoms with van der Waals surface area (Å²) in [7, 11) is 0. The first-order valence-corrected chi connectivity index (χ1v) is 14.0. The van der Waals surface area contributed by atoms with Gasteiger partial charge in [-0.1, -0.05) is 54.6 Å². The Bertz CT molecular complexity index is 1440. The average Bonchev–Trinajstić information content (AvgIpc) is 3.72. The molecule has 0 radical (unpaired) electrons. The topological polar surface area (TPSA) is 113 Å². The number of carbonyl (C=O) groups is 2. The summed E-state index contributed by atoms with van der Waals surface area (Å²) in [6.45, 7) is 3.32. The minimum absolute atomic E-state index is 0.0899. The van der Waals surface area contributed by atoms with Crippen LogP contribution in [0.3, 0.4) is 0 Å². The summed E-state index contributed by atoms with van der Waals surface area (Å²) >= 11 is 5.46. The van der Waals surface area contributed by atoms with Gasteiger partial charge in [0.25, 0.3) is 5.91 Å². The van der Waals surface area contributed by atoms with Crippen molar-refractivity contribution in [2.75, 3.05) is 31.2 Å². The maximum atomic E-state index is 13.3. The van der Waals surface area contributed by atoms with Crippen LogP contribution in [0.1, 0.15) is 39.9 Å². The lowest BCUT2D eigenvalue weighted by atomic mass is 9.96. The smallest absolute Gasteiger partial charge is 0.275 e. The Balaban J connectivity index is 1.16. The number of thiocarbonyl (C=S) groups is 1. The Hall–Kier alpha value is -4.09. The van der Waals surface area contributed by atoms with E-state index in [1.807, 2.05) is 59.3 Å². The second-order valence-electron chi connectivity index (χ2n) is 10.2. The van der Waals surface area contributed by atoms with Crippen molar-refractivity contribution in [1.82, 2.24) is 25.9 Å². The monoisotopic (exact) mass is 557 g/mol. The Morgan fingerprint density at radius 1 is 1.02 bits per heavy atom. The molecule has 1 saturated carbocycles. The van der Waals surface area contributed by atoms with Gasteiger partial charge in [0, 0.05) is 43.4 Å². The number of anilines is 1. The number of hydrogen-bond donors (Lipinski definition) is 3. The van der Waals surface area contributed by atoms with Crippen LogP contribution in [0.25, 0.3) is 0 Å². The third kappa shape index (κ3) is 5.90. The van der Waals surface area contributed by atoms with Crippen molar-refractivity contribution in [3.8, 4) is 0 Å². The average molecular weight is 558 g/mol. The van der Waals surface area contributed by atoms with E-state index in [0.29, 0.717) is 49.3 Å². The number of fused-ring (bicyclic) bond motifs is 1. The molecule has 10 nitrogen and oxygen atoms in total. The zero-order chi connectivity index (χ0) is 27.5. The number of hydrogen-bond acceptors (Lipinski definition) is 7. The zero-order valence-electron chi connectivity index (χ0n) is 22.0. The fourth-order valence-electron chi connectivity index (χ4n) is 4.98. The summed E-state index contributed by atoms with van der Waals surface area (Å²) in [5, 5.41) is 7.80. The highest BCUT2D eigenvalue weighted by Crippen LogP contribution is 2.31. The minimum Gasteiger partial charge on any atom is -0.378 e. The molecule has 3 heterocycles. The van der Waals surface area contributed by atoms with Crippen molar-refractivity contribution in [2.24, 2.45) is 10.9 Å². The fourth-order valence-corrected chi connectivity index (χ4v) is 5.14. The molecule has 6 rings (SSSR count). The number of ether oxygens (including phenoxy) is 1. The van der Waals surface area contributed by atoms with Crippen LogP contribution >= 0.6 is 12.2 Å². The fraction of sp³-hybridized carbons (Fsp3) is 0.345. The highest BCUT2D eigenvalue weighted by atomic mass is 32.1. The number of hydrazine groups is 1. The maximum absolute atomic E-state index is 13.3. The standard InChI is InChI=1S/C29H31N7O3S/c37-24-16-21-8-4-5-9-22(21)25(20-6-2-1-3-7-20)30-26(24)31-29(40)33-32-28(38)23-18-36(17-19-10-11-19)34-27(23)35-12-14-39-15-13-35/h1-9,18-19,26H,10-17H2,(H,32,38)(H2,31,33,40). The number of rotatable bonds is 6. The number of aromatic nitrogens is 2. The highest BCUT2D eigenvalue weighted by molar-refractivity contribution is 7.80. The van der Waals surface area contributed by atoms with Crippen LogP contribution in [-0.2, 0) is 22.5 Å². The second-order valence-corrected chi connectivity index (χ2v) is 10.6. The van der Waals surface area contributed by atoms with Gasteiger partial charge >= 0.3 is 0 Å². The zero-order valence-corrected chi connectivity index (χ0v) is 22.8. The van der Waals surface area contributed by atoms with Gasteiger partial charge in [-0.2, -0.15) is 5.10 Å². The Labute approximate surface area is 237 Å². The number of nitrogens with one attached hydrogen (secondary N) is 3. The van der Waals surface area contributed by atoms with Gasteiger partial charge in [-0.05, 0) is 36.5 Å². The molecule has 1 atom stereocenters. The van der Waals surface area contributed by atoms with Gasteiger partial charge in [-0.25, -0.2) is 0 Å². The van der Waals surface area contributed by atoms with Crippen LogP contribution in [-0.4, -0.2) is 64.8 Å². The van der Waals surface area contributed by atoms with Crippen molar-refractivity contribution in [2.45, 2.75) is 32.0 Å². The van der Waals surface area contributed by atoms with Crippen molar-refractivity contribution in [3.63, 3.8) is 0 Å². The van der Waals surface area contributed by atoms with E-state index in [0.717, 1.165) is 23.2 Å². The van der Waals surface area contributed by atoms with E-state index >= 15 is 0 Å². The number of amides is 1. The van der Waals surface area contributed by atoms with Gasteiger partial charge in [0.1, 0.15) is 5.56 Å². The van der Waals surface area contributed by atoms with Gasteiger partial charge in [0.15, 0.2) is 22.9 Å². The van der Waals surface area contributed by atoms with E-state index in [9.17, 15) is 9.59 Å². The number of Topliss-reactive ketones (excluding diaryl/α,β-unsaturated/α-hetero) is 1. The number of aliphatic imine (C=N–C) groups is 1. The summed E-state index contributed by atoms with van der Waals surface area (Å²) < 4.78 is 7.33. The van der Waals surface area contributed by atoms with Gasteiger partial charge in [-0.3, -0.25) is 30.1 Å². The van der Waals surface area contributed by atoms with Crippen LogP contribution in [0.4, 0.5) is 5.82 Å². The number of morpholine rings is 1. The van der Waals surface area contributed by atoms with Gasteiger partial charge in [0.2, 0.25) is 0 Å². The summed E-state index contributed by atoms with van der Waals surface area (Å²) in [5.41, 5.74) is 9.33. The summed E-state index contributed by atoms with van der Waals surface area (Å²) in [5.74, 6) is 0.773. The van der Waals surface area contributed by atoms with Crippen LogP contribution < -0.4 is 21.1 Å². The predicted octanol–water partition coefficient (Wildman–Crippen LogP) is 2.23. The molecule has 2 fully saturated rings. The Kier molecular flexibility index (Phi) is 7.56. The number of carbonyl (C=O) groups excluding carboxylic acids is 2. The van der Waals surface area contributed by atoms with Crippen LogP contribution in [0.15, 0.2) is 65.8 Å². The molecule has 0 bridgehead atoms. The molecule has 1 unspecified atom stereocenters. The number of benzene rings is 2. The summed E-state index contributed by atoms with van der Waals surface area (Å²) in [4.78, 5) is 33.3. The molecule has 2 aromatic carbocycles. The molecule has 11 heteroatoms. The van der Waals surface area contributed by atoms with Gasteiger partial charge in [0.05, 0.1) is 18.9 Å². The molecule has 1 aliphatic carbocycles. The normalized spacial score (nSPS) is 18.8. The van der Waals surface area contributed by atoms with Crippen LogP contribution in [0.5, 0.6) is 0 Å². The lowest BCUT2D eigenvalue weighted by molar-refractivity contribution is -0.119. The molecule has 1 amide bonds. The highest BCUT2D eigenvalue weighted by Gasteiger charge is 2.28. The molecule has 3 aromatic rings. The second kappa shape index (κ2) is 11.6. The quantitative estimate of drug-likeness (QED) is 0.313. The minimum atomic E-state index is -0.912. The lowest BCUT2D eigenvalue weighted by Crippen LogP contribution is -2.51. The van der Waals surface area contributed by atoms with E-state index < -0.39 is 6.17 Å². The lowest BCUT2D eigenvalue weighted by Gasteiger charge is -2.27. The van der Waals surface area contributed by atoms with E-state index in [1.165, 1.54) is 12.8 Å². The van der Waals surface area contributed by atoms with Crippen molar-refractivity contribution < 1.29 is 14.3 Å². The Morgan fingerprint density at radius 3 is 2.55 bits per heavy atom. The summed E-state index contributed by atoms with van der Waals surface area (Å²) in [6.07, 6.45) is 3.47. The van der Waals surface area contributed by atoms with Gasteiger partial charge in [-0.15, -0.1) is 0 Å². The maximum Gasteiger partial charge on any atom is 0.275 e. The predicted molar refractivity (Wildman–Crippen MR) is 155 cm³/mol. The molecule has 3 aliphatic rings. The van der Waals surface area contributed by atoms with E-state index in [-0.39, 0.29) is 23.2 Å². The van der Waals surface area contributed by atoms with E-state index in [4.69, 9.17) is 27.0 Å². The molecule has 40 heavy (non-hydrogen) atoms. The van der Waals surface area contributed by atoms with Crippen LogP contribution in [0, 0.1) is 5.92 Å². The third-order valence-electron chi connectivity index (χ3n) is 7.24. The van der Waals surface area contributed by atoms with Gasteiger partial charge < -0.3 is 15.0 Å². The molecule has 1 aromatic heterocycles. The van der Waals surface area contributed by atoms with Crippen molar-refractivity contribution in [1.29, 1.82) is 0 Å². The SMILES string of the molecule is O=C(NNC(=S)NC1N=C(c2ccccc2)c2ccccc2CC1=O)c1cn(CC2CC2)nc1N1CCOCC1. The molecular weight excluding hydrogens is 526 g/mol. The van der Waals surface area contributed by atoms with Crippen molar-refractivity contribution in [3.05, 3.63) is 83.0 Å². The molecular formula is C29H31N7O3S. The first-order chi connectivity index (χ1) is 19.5. The molecule has 3 N–H and O–H groups in total. The number of nitrogens with zero attached hydrogens (tertiary/aromatic N) is 4. The summed E-state index contributed by atoms with van der Waals surface area (Å²) in [6, 6.07) is 17.5. The van der Waals surface area contributed by atoms with Crippen LogP contribution in [0.2, 0.25) is 0 Å².